The van der Waals surface area contributed by atoms with Gasteiger partial charge in [-0.3, -0.25) is 4.79 Å². The summed E-state index contributed by atoms with van der Waals surface area (Å²) in [5.41, 5.74) is 1.63. The molecule has 4 aromatic heterocycles. The van der Waals surface area contributed by atoms with E-state index in [4.69, 9.17) is 9.47 Å². The van der Waals surface area contributed by atoms with Gasteiger partial charge in [-0.15, -0.1) is 5.10 Å². The minimum atomic E-state index is -1.16. The Balaban J connectivity index is 1.49. The van der Waals surface area contributed by atoms with Gasteiger partial charge in [0.2, 0.25) is 5.88 Å². The van der Waals surface area contributed by atoms with Crippen LogP contribution in [0.15, 0.2) is 61.2 Å². The topological polar surface area (TPSA) is 108 Å². The molecule has 12 heteroatoms. The number of imidazole rings is 1. The van der Waals surface area contributed by atoms with Crippen LogP contribution < -0.4 is 10.1 Å². The van der Waals surface area contributed by atoms with Crippen molar-refractivity contribution in [3.05, 3.63) is 78.4 Å². The van der Waals surface area contributed by atoms with E-state index in [-0.39, 0.29) is 28.8 Å². The highest BCUT2D eigenvalue weighted by Gasteiger charge is 2.24. The molecule has 1 aliphatic rings. The zero-order valence-electron chi connectivity index (χ0n) is 20.1. The Labute approximate surface area is 214 Å². The van der Waals surface area contributed by atoms with Crippen molar-refractivity contribution >= 4 is 11.6 Å². The summed E-state index contributed by atoms with van der Waals surface area (Å²) in [5, 5.41) is 11.5. The Bertz CT molecular complexity index is 1650. The van der Waals surface area contributed by atoms with Crippen molar-refractivity contribution in [1.29, 1.82) is 0 Å². The fourth-order valence-corrected chi connectivity index (χ4v) is 4.27. The normalized spacial score (nSPS) is 15.2. The quantitative estimate of drug-likeness (QED) is 0.368. The molecular weight excluding hydrogens is 496 g/mol. The van der Waals surface area contributed by atoms with Gasteiger partial charge < -0.3 is 14.8 Å². The minimum Gasteiger partial charge on any atom is -0.470 e. The van der Waals surface area contributed by atoms with Crippen LogP contribution in [-0.2, 0) is 4.74 Å². The number of pyridine rings is 1. The molecule has 5 heterocycles. The predicted octanol–water partition coefficient (Wildman–Crippen LogP) is 3.45. The smallest absolute Gasteiger partial charge is 0.251 e. The number of nitrogens with zero attached hydrogens (tertiary/aromatic N) is 6. The SMILES string of the molecule is CNC(=O)c1cc(F)c(F)c(-c2cnc3cc(-c4cnn(-c5ccccn5)c4)c(O[C@H]4CCOC4)nn23)c1. The van der Waals surface area contributed by atoms with Crippen LogP contribution in [0.2, 0.25) is 0 Å². The number of rotatable bonds is 6. The number of nitrogens with one attached hydrogen (secondary N) is 1. The third kappa shape index (κ3) is 4.24. The molecule has 10 nitrogen and oxygen atoms in total. The molecule has 5 aromatic rings. The van der Waals surface area contributed by atoms with E-state index >= 15 is 0 Å². The molecule has 192 valence electrons. The molecule has 0 radical (unpaired) electrons. The summed E-state index contributed by atoms with van der Waals surface area (Å²) in [5.74, 6) is -1.94. The van der Waals surface area contributed by atoms with Crippen molar-refractivity contribution in [1.82, 2.24) is 34.7 Å². The number of aromatic nitrogens is 6. The number of fused-ring (bicyclic) bond motifs is 1. The third-order valence-corrected chi connectivity index (χ3v) is 6.20. The zero-order chi connectivity index (χ0) is 26.2. The first-order valence-electron chi connectivity index (χ1n) is 11.8. The largest absolute Gasteiger partial charge is 0.470 e. The highest BCUT2D eigenvalue weighted by atomic mass is 19.2. The van der Waals surface area contributed by atoms with E-state index in [0.29, 0.717) is 42.2 Å². The van der Waals surface area contributed by atoms with Gasteiger partial charge in [0.25, 0.3) is 5.91 Å². The van der Waals surface area contributed by atoms with Gasteiger partial charge in [-0.05, 0) is 30.3 Å². The van der Waals surface area contributed by atoms with Gasteiger partial charge in [0.05, 0.1) is 36.9 Å². The summed E-state index contributed by atoms with van der Waals surface area (Å²) in [6, 6.07) is 9.35. The first-order valence-corrected chi connectivity index (χ1v) is 11.8. The Morgan fingerprint density at radius 3 is 2.82 bits per heavy atom. The number of halogens is 2. The molecular formula is C26H21F2N7O3. The second-order valence-electron chi connectivity index (χ2n) is 8.64. The van der Waals surface area contributed by atoms with Crippen LogP contribution in [0.5, 0.6) is 5.88 Å². The van der Waals surface area contributed by atoms with Crippen LogP contribution in [0.1, 0.15) is 16.8 Å². The van der Waals surface area contributed by atoms with E-state index in [0.717, 1.165) is 6.07 Å². The van der Waals surface area contributed by atoms with Crippen molar-refractivity contribution < 1.29 is 23.0 Å². The molecule has 0 saturated carbocycles. The second kappa shape index (κ2) is 9.63. The van der Waals surface area contributed by atoms with Gasteiger partial charge in [-0.1, -0.05) is 6.07 Å². The first kappa shape index (κ1) is 23.7. The lowest BCUT2D eigenvalue weighted by Gasteiger charge is -2.15. The summed E-state index contributed by atoms with van der Waals surface area (Å²) in [6.45, 7) is 0.962. The summed E-state index contributed by atoms with van der Waals surface area (Å²) in [7, 11) is 1.41. The molecule has 1 aromatic carbocycles. The highest BCUT2D eigenvalue weighted by molar-refractivity contribution is 5.95. The molecule has 1 aliphatic heterocycles. The first-order chi connectivity index (χ1) is 18.5. The number of amides is 1. The van der Waals surface area contributed by atoms with Crippen LogP contribution in [0.4, 0.5) is 8.78 Å². The average molecular weight is 517 g/mol. The summed E-state index contributed by atoms with van der Waals surface area (Å²) < 4.78 is 44.0. The lowest BCUT2D eigenvalue weighted by Crippen LogP contribution is -2.18. The molecule has 1 N–H and O–H groups in total. The number of hydrogen-bond acceptors (Lipinski definition) is 7. The van der Waals surface area contributed by atoms with Crippen LogP contribution in [0.3, 0.4) is 0 Å². The monoisotopic (exact) mass is 517 g/mol. The number of carbonyl (C=O) groups is 1. The maximum atomic E-state index is 14.9. The predicted molar refractivity (Wildman–Crippen MR) is 132 cm³/mol. The van der Waals surface area contributed by atoms with Crippen molar-refractivity contribution in [3.63, 3.8) is 0 Å². The summed E-state index contributed by atoms with van der Waals surface area (Å²) >= 11 is 0. The number of carbonyl (C=O) groups excluding carboxylic acids is 1. The highest BCUT2D eigenvalue weighted by Crippen LogP contribution is 2.34. The van der Waals surface area contributed by atoms with Gasteiger partial charge >= 0.3 is 0 Å². The summed E-state index contributed by atoms with van der Waals surface area (Å²) in [4.78, 5) is 20.8. The van der Waals surface area contributed by atoms with Crippen LogP contribution >= 0.6 is 0 Å². The Kier molecular flexibility index (Phi) is 6.00. The second-order valence-corrected chi connectivity index (χ2v) is 8.64. The van der Waals surface area contributed by atoms with Crippen LogP contribution in [0, 0.1) is 11.6 Å². The van der Waals surface area contributed by atoms with Crippen molar-refractivity contribution in [2.24, 2.45) is 0 Å². The number of benzene rings is 1. The van der Waals surface area contributed by atoms with E-state index in [9.17, 15) is 13.6 Å². The Morgan fingerprint density at radius 2 is 2.05 bits per heavy atom. The van der Waals surface area contributed by atoms with Crippen molar-refractivity contribution in [2.45, 2.75) is 12.5 Å². The molecule has 0 aliphatic carbocycles. The standard InChI is InChI=1S/C26H21F2N7O3/c1-29-25(36)15-8-19(24(28)20(27)9-15)21-12-31-23-10-18(26(33-35(21)23)38-17-5-7-37-14-17)16-11-32-34(13-16)22-4-2-3-6-30-22/h2-4,6,8-13,17H,5,7,14H2,1H3,(H,29,36)/t17-/m0/s1. The Morgan fingerprint density at radius 1 is 1.16 bits per heavy atom. The fraction of sp³-hybridized carbons (Fsp3) is 0.192. The van der Waals surface area contributed by atoms with E-state index in [2.05, 4.69) is 25.5 Å². The number of ether oxygens (including phenoxy) is 2. The third-order valence-electron chi connectivity index (χ3n) is 6.20. The average Bonchev–Trinajstić information content (AvgIpc) is 3.71. The van der Waals surface area contributed by atoms with E-state index in [1.165, 1.54) is 23.8 Å². The molecule has 1 atom stereocenters. The van der Waals surface area contributed by atoms with Crippen molar-refractivity contribution in [2.75, 3.05) is 20.3 Å². The van der Waals surface area contributed by atoms with E-state index in [1.54, 1.807) is 29.3 Å². The van der Waals surface area contributed by atoms with Gasteiger partial charge in [-0.25, -0.2) is 27.9 Å². The molecule has 0 bridgehead atoms. The molecule has 6 rings (SSSR count). The molecule has 0 unspecified atom stereocenters. The van der Waals surface area contributed by atoms with E-state index < -0.39 is 17.5 Å². The fourth-order valence-electron chi connectivity index (χ4n) is 4.27. The van der Waals surface area contributed by atoms with Crippen LogP contribution in [0.25, 0.3) is 33.8 Å². The maximum absolute atomic E-state index is 14.9. The van der Waals surface area contributed by atoms with Gasteiger partial charge in [0, 0.05) is 42.6 Å². The molecule has 1 fully saturated rings. The Hall–Kier alpha value is -4.71. The van der Waals surface area contributed by atoms with Gasteiger partial charge in [0.1, 0.15) is 6.10 Å². The van der Waals surface area contributed by atoms with E-state index in [1.807, 2.05) is 18.2 Å². The molecule has 0 spiro atoms. The maximum Gasteiger partial charge on any atom is 0.251 e. The van der Waals surface area contributed by atoms with Gasteiger partial charge in [0.15, 0.2) is 23.1 Å². The minimum absolute atomic E-state index is 0.0329. The molecule has 38 heavy (non-hydrogen) atoms. The lowest BCUT2D eigenvalue weighted by atomic mass is 10.1. The molecule has 1 amide bonds. The number of hydrogen-bond donors (Lipinski definition) is 1. The molecule has 1 saturated heterocycles. The summed E-state index contributed by atoms with van der Waals surface area (Å²) in [6.07, 6.45) is 6.94. The van der Waals surface area contributed by atoms with Gasteiger partial charge in [-0.2, -0.15) is 5.10 Å². The zero-order valence-corrected chi connectivity index (χ0v) is 20.1. The van der Waals surface area contributed by atoms with Crippen molar-refractivity contribution in [3.8, 4) is 34.1 Å². The van der Waals surface area contributed by atoms with Crippen LogP contribution in [-0.4, -0.2) is 61.6 Å². The lowest BCUT2D eigenvalue weighted by molar-refractivity contribution is 0.0962.